The van der Waals surface area contributed by atoms with Crippen LogP contribution in [-0.2, 0) is 4.84 Å². The molecule has 0 aromatic rings. The lowest BCUT2D eigenvalue weighted by atomic mass is 9.71. The Hall–Kier alpha value is -0.0800. The normalized spacial score (nSPS) is 31.1. The Morgan fingerprint density at radius 1 is 1.14 bits per heavy atom. The smallest absolute Gasteiger partial charge is 0.0654 e. The van der Waals surface area contributed by atoms with Crippen LogP contribution >= 0.6 is 0 Å². The minimum absolute atomic E-state index is 0.605. The molecule has 0 heterocycles. The summed E-state index contributed by atoms with van der Waals surface area (Å²) in [5, 5.41) is 0. The number of hydroxylamine groups is 1. The van der Waals surface area contributed by atoms with Gasteiger partial charge in [-0.3, -0.25) is 0 Å². The van der Waals surface area contributed by atoms with Crippen molar-refractivity contribution in [2.75, 3.05) is 6.61 Å². The summed E-state index contributed by atoms with van der Waals surface area (Å²) >= 11 is 0. The van der Waals surface area contributed by atoms with Gasteiger partial charge in [-0.1, -0.05) is 25.7 Å². The van der Waals surface area contributed by atoms with E-state index >= 15 is 0 Å². The van der Waals surface area contributed by atoms with Gasteiger partial charge < -0.3 is 4.84 Å². The van der Waals surface area contributed by atoms with Crippen LogP contribution in [0.1, 0.15) is 58.3 Å². The van der Waals surface area contributed by atoms with E-state index in [-0.39, 0.29) is 0 Å². The Kier molecular flexibility index (Phi) is 3.45. The van der Waals surface area contributed by atoms with Crippen LogP contribution in [0.25, 0.3) is 0 Å². The standard InChI is InChI=1S/C12H23NO/c1-2-14-13-11-7-6-10-12(11)8-4-3-5-9-12/h11,13H,2-10H2,1H3. The van der Waals surface area contributed by atoms with Crippen molar-refractivity contribution in [3.63, 3.8) is 0 Å². The van der Waals surface area contributed by atoms with Gasteiger partial charge in [0, 0.05) is 6.04 Å². The predicted molar refractivity (Wildman–Crippen MR) is 57.9 cm³/mol. The van der Waals surface area contributed by atoms with E-state index in [4.69, 9.17) is 4.84 Å². The molecule has 2 nitrogen and oxygen atoms in total. The van der Waals surface area contributed by atoms with Crippen molar-refractivity contribution in [3.05, 3.63) is 0 Å². The lowest BCUT2D eigenvalue weighted by molar-refractivity contribution is -0.0175. The summed E-state index contributed by atoms with van der Waals surface area (Å²) in [4.78, 5) is 5.39. The molecule has 0 bridgehead atoms. The highest BCUT2D eigenvalue weighted by atomic mass is 16.6. The zero-order valence-electron chi connectivity index (χ0n) is 9.35. The van der Waals surface area contributed by atoms with Crippen LogP contribution in [0, 0.1) is 5.41 Å². The highest BCUT2D eigenvalue weighted by Gasteiger charge is 2.43. The third-order valence-electron chi connectivity index (χ3n) is 4.13. The molecule has 0 radical (unpaired) electrons. The first-order valence-electron chi connectivity index (χ1n) is 6.25. The minimum atomic E-state index is 0.605. The van der Waals surface area contributed by atoms with Gasteiger partial charge in [-0.2, -0.15) is 5.48 Å². The van der Waals surface area contributed by atoms with Gasteiger partial charge in [-0.05, 0) is 38.0 Å². The third kappa shape index (κ3) is 1.96. The molecule has 1 spiro atoms. The summed E-state index contributed by atoms with van der Waals surface area (Å²) in [6.45, 7) is 2.84. The van der Waals surface area contributed by atoms with Crippen LogP contribution in [0.3, 0.4) is 0 Å². The average molecular weight is 197 g/mol. The molecule has 1 N–H and O–H groups in total. The van der Waals surface area contributed by atoms with Gasteiger partial charge in [0.05, 0.1) is 6.61 Å². The summed E-state index contributed by atoms with van der Waals surface area (Å²) in [6.07, 6.45) is 11.3. The first-order chi connectivity index (χ1) is 6.87. The average Bonchev–Trinajstić information content (AvgIpc) is 2.59. The van der Waals surface area contributed by atoms with Crippen LogP contribution < -0.4 is 5.48 Å². The third-order valence-corrected chi connectivity index (χ3v) is 4.13. The molecule has 82 valence electrons. The van der Waals surface area contributed by atoms with E-state index in [0.717, 1.165) is 6.61 Å². The van der Waals surface area contributed by atoms with E-state index in [1.807, 2.05) is 0 Å². The molecule has 1 atom stereocenters. The molecule has 14 heavy (non-hydrogen) atoms. The Bertz CT molecular complexity index is 175. The Balaban J connectivity index is 1.93. The lowest BCUT2D eigenvalue weighted by Crippen LogP contribution is -2.42. The van der Waals surface area contributed by atoms with Gasteiger partial charge in [0.25, 0.3) is 0 Å². The highest BCUT2D eigenvalue weighted by Crippen LogP contribution is 2.48. The number of hydrogen-bond acceptors (Lipinski definition) is 2. The maximum absolute atomic E-state index is 5.39. The maximum atomic E-state index is 5.39. The number of hydrogen-bond donors (Lipinski definition) is 1. The van der Waals surface area contributed by atoms with E-state index in [1.165, 1.54) is 51.4 Å². The number of rotatable bonds is 3. The van der Waals surface area contributed by atoms with Gasteiger partial charge in [0.15, 0.2) is 0 Å². The van der Waals surface area contributed by atoms with Crippen LogP contribution in [-0.4, -0.2) is 12.6 Å². The van der Waals surface area contributed by atoms with Crippen molar-refractivity contribution >= 4 is 0 Å². The lowest BCUT2D eigenvalue weighted by Gasteiger charge is -2.39. The SMILES string of the molecule is CCONC1CCCC12CCCCC2. The van der Waals surface area contributed by atoms with Crippen molar-refractivity contribution in [2.45, 2.75) is 64.3 Å². The van der Waals surface area contributed by atoms with Crippen LogP contribution in [0.15, 0.2) is 0 Å². The Labute approximate surface area is 87.4 Å². The molecule has 2 fully saturated rings. The summed E-state index contributed by atoms with van der Waals surface area (Å²) in [6, 6.07) is 0.641. The molecule has 2 aliphatic rings. The predicted octanol–water partition coefficient (Wildman–Crippen LogP) is 3.03. The fourth-order valence-electron chi connectivity index (χ4n) is 3.36. The Morgan fingerprint density at radius 2 is 1.86 bits per heavy atom. The monoisotopic (exact) mass is 197 g/mol. The summed E-state index contributed by atoms with van der Waals surface area (Å²) in [5.41, 5.74) is 3.90. The molecule has 0 aliphatic heterocycles. The topological polar surface area (TPSA) is 21.3 Å². The fourth-order valence-corrected chi connectivity index (χ4v) is 3.36. The minimum Gasteiger partial charge on any atom is -0.302 e. The first kappa shape index (κ1) is 10.4. The summed E-state index contributed by atoms with van der Waals surface area (Å²) < 4.78 is 0. The summed E-state index contributed by atoms with van der Waals surface area (Å²) in [7, 11) is 0. The molecule has 0 amide bonds. The quantitative estimate of drug-likeness (QED) is 0.702. The Morgan fingerprint density at radius 3 is 2.57 bits per heavy atom. The second-order valence-electron chi connectivity index (χ2n) is 4.92. The molecule has 2 heteroatoms. The molecule has 0 aromatic carbocycles. The largest absolute Gasteiger partial charge is 0.302 e. The van der Waals surface area contributed by atoms with Gasteiger partial charge in [0.1, 0.15) is 0 Å². The number of nitrogens with one attached hydrogen (secondary N) is 1. The molecule has 2 aliphatic carbocycles. The van der Waals surface area contributed by atoms with E-state index < -0.39 is 0 Å². The highest BCUT2D eigenvalue weighted by molar-refractivity contribution is 4.96. The van der Waals surface area contributed by atoms with E-state index in [0.29, 0.717) is 11.5 Å². The fraction of sp³-hybridized carbons (Fsp3) is 1.00. The van der Waals surface area contributed by atoms with Crippen LogP contribution in [0.5, 0.6) is 0 Å². The van der Waals surface area contributed by atoms with E-state index in [2.05, 4.69) is 12.4 Å². The van der Waals surface area contributed by atoms with E-state index in [1.54, 1.807) is 0 Å². The molecule has 1 unspecified atom stereocenters. The second kappa shape index (κ2) is 4.63. The summed E-state index contributed by atoms with van der Waals surface area (Å²) in [5.74, 6) is 0. The van der Waals surface area contributed by atoms with Crippen molar-refractivity contribution in [3.8, 4) is 0 Å². The molecular weight excluding hydrogens is 174 g/mol. The molecule has 0 aromatic heterocycles. The molecule has 2 rings (SSSR count). The van der Waals surface area contributed by atoms with Crippen molar-refractivity contribution < 1.29 is 4.84 Å². The second-order valence-corrected chi connectivity index (χ2v) is 4.92. The molecule has 2 saturated carbocycles. The zero-order chi connectivity index (χ0) is 9.86. The van der Waals surface area contributed by atoms with Crippen molar-refractivity contribution in [1.82, 2.24) is 5.48 Å². The van der Waals surface area contributed by atoms with Gasteiger partial charge in [0.2, 0.25) is 0 Å². The molecule has 0 saturated heterocycles. The first-order valence-corrected chi connectivity index (χ1v) is 6.25. The van der Waals surface area contributed by atoms with Gasteiger partial charge in [-0.15, -0.1) is 0 Å². The van der Waals surface area contributed by atoms with Crippen molar-refractivity contribution in [1.29, 1.82) is 0 Å². The van der Waals surface area contributed by atoms with E-state index in [9.17, 15) is 0 Å². The maximum Gasteiger partial charge on any atom is 0.0654 e. The van der Waals surface area contributed by atoms with Gasteiger partial charge in [-0.25, -0.2) is 0 Å². The van der Waals surface area contributed by atoms with Gasteiger partial charge >= 0.3 is 0 Å². The van der Waals surface area contributed by atoms with Crippen LogP contribution in [0.4, 0.5) is 0 Å². The molecular formula is C12H23NO. The zero-order valence-corrected chi connectivity index (χ0v) is 9.35. The van der Waals surface area contributed by atoms with Crippen LogP contribution in [0.2, 0.25) is 0 Å². The van der Waals surface area contributed by atoms with Crippen molar-refractivity contribution in [2.24, 2.45) is 5.41 Å².